The number of hydrogen-bond acceptors (Lipinski definition) is 4. The topological polar surface area (TPSA) is 55.8 Å². The molecule has 0 spiro atoms. The summed E-state index contributed by atoms with van der Waals surface area (Å²) in [4.78, 5) is 16.9. The average Bonchev–Trinajstić information content (AvgIpc) is 2.61. The molecule has 5 nitrogen and oxygen atoms in total. The van der Waals surface area contributed by atoms with E-state index in [0.717, 1.165) is 31.9 Å². The minimum Gasteiger partial charge on any atom is -0.508 e. The van der Waals surface area contributed by atoms with E-state index >= 15 is 0 Å². The van der Waals surface area contributed by atoms with Crippen molar-refractivity contribution >= 4 is 40.5 Å². The lowest BCUT2D eigenvalue weighted by Gasteiger charge is -2.38. The van der Waals surface area contributed by atoms with Gasteiger partial charge in [-0.3, -0.25) is 9.69 Å². The molecule has 0 radical (unpaired) electrons. The van der Waals surface area contributed by atoms with E-state index in [-0.39, 0.29) is 17.7 Å². The molecule has 1 saturated heterocycles. The van der Waals surface area contributed by atoms with Crippen LogP contribution < -0.4 is 10.2 Å². The van der Waals surface area contributed by atoms with Crippen LogP contribution in [0.3, 0.4) is 0 Å². The molecule has 26 heavy (non-hydrogen) atoms. The monoisotopic (exact) mass is 393 g/mol. The van der Waals surface area contributed by atoms with E-state index in [1.54, 1.807) is 30.3 Å². The molecule has 1 aliphatic heterocycles. The van der Waals surface area contributed by atoms with Gasteiger partial charge in [-0.05, 0) is 49.4 Å². The number of phenolic OH excluding ortho intramolecular Hbond substituents is 1. The minimum absolute atomic E-state index is 0.0820. The molecule has 1 heterocycles. The molecule has 2 aromatic rings. The maximum atomic E-state index is 12.5. The van der Waals surface area contributed by atoms with Crippen molar-refractivity contribution in [1.29, 1.82) is 0 Å². The van der Waals surface area contributed by atoms with Gasteiger partial charge in [-0.15, -0.1) is 0 Å². The third-order valence-electron chi connectivity index (χ3n) is 4.59. The van der Waals surface area contributed by atoms with Crippen molar-refractivity contribution in [3.8, 4) is 5.75 Å². The van der Waals surface area contributed by atoms with Crippen molar-refractivity contribution in [2.24, 2.45) is 0 Å². The molecule has 0 aromatic heterocycles. The number of carbonyl (C=O) groups is 1. The highest BCUT2D eigenvalue weighted by atomic mass is 35.5. The van der Waals surface area contributed by atoms with E-state index in [9.17, 15) is 9.90 Å². The maximum Gasteiger partial charge on any atom is 0.241 e. The fraction of sp³-hybridized carbons (Fsp3) is 0.316. The van der Waals surface area contributed by atoms with Crippen molar-refractivity contribution < 1.29 is 9.90 Å². The Hall–Kier alpha value is -1.95. The SMILES string of the molecule is C[C@H](C(=O)Nc1cc(Cl)cc(Cl)c1)N1CCN(c2ccc(O)cc2)CC1. The predicted octanol–water partition coefficient (Wildman–Crippen LogP) is 3.85. The zero-order valence-corrected chi connectivity index (χ0v) is 16.0. The largest absolute Gasteiger partial charge is 0.508 e. The van der Waals surface area contributed by atoms with E-state index in [4.69, 9.17) is 23.2 Å². The number of carbonyl (C=O) groups excluding carboxylic acids is 1. The Bertz CT molecular complexity index is 755. The number of benzene rings is 2. The van der Waals surface area contributed by atoms with Gasteiger partial charge in [0, 0.05) is 47.6 Å². The Morgan fingerprint density at radius 2 is 1.62 bits per heavy atom. The van der Waals surface area contributed by atoms with E-state index in [0.29, 0.717) is 15.7 Å². The van der Waals surface area contributed by atoms with Crippen LogP contribution in [0.15, 0.2) is 42.5 Å². The molecule has 1 aliphatic rings. The molecule has 1 atom stereocenters. The molecule has 0 unspecified atom stereocenters. The summed E-state index contributed by atoms with van der Waals surface area (Å²) in [6.07, 6.45) is 0. The maximum absolute atomic E-state index is 12.5. The molecular formula is C19H21Cl2N3O2. The molecule has 3 rings (SSSR count). The number of phenols is 1. The molecule has 0 aliphatic carbocycles. The number of nitrogens with zero attached hydrogens (tertiary/aromatic N) is 2. The standard InChI is InChI=1S/C19H21Cl2N3O2/c1-13(19(26)22-16-11-14(20)10-15(21)12-16)23-6-8-24(9-7-23)17-2-4-18(25)5-3-17/h2-5,10-13,25H,6-9H2,1H3,(H,22,26)/t13-/m1/s1. The highest BCUT2D eigenvalue weighted by molar-refractivity contribution is 6.35. The van der Waals surface area contributed by atoms with Gasteiger partial charge in [0.15, 0.2) is 0 Å². The summed E-state index contributed by atoms with van der Waals surface area (Å²) in [6, 6.07) is 11.9. The van der Waals surface area contributed by atoms with Crippen molar-refractivity contribution in [3.05, 3.63) is 52.5 Å². The lowest BCUT2D eigenvalue weighted by molar-refractivity contribution is -0.120. The van der Waals surface area contributed by atoms with Gasteiger partial charge in [-0.2, -0.15) is 0 Å². The van der Waals surface area contributed by atoms with Gasteiger partial charge in [-0.25, -0.2) is 0 Å². The molecule has 1 fully saturated rings. The first kappa shape index (κ1) is 18.8. The third-order valence-corrected chi connectivity index (χ3v) is 5.02. The van der Waals surface area contributed by atoms with Crippen molar-refractivity contribution in [2.75, 3.05) is 36.4 Å². The molecular weight excluding hydrogens is 373 g/mol. The van der Waals surface area contributed by atoms with Gasteiger partial charge in [0.05, 0.1) is 6.04 Å². The number of piperazine rings is 1. The second kappa shape index (κ2) is 8.16. The van der Waals surface area contributed by atoms with Gasteiger partial charge in [0.1, 0.15) is 5.75 Å². The summed E-state index contributed by atoms with van der Waals surface area (Å²) >= 11 is 12.0. The van der Waals surface area contributed by atoms with E-state index in [1.165, 1.54) is 0 Å². The van der Waals surface area contributed by atoms with Crippen LogP contribution in [0.5, 0.6) is 5.75 Å². The fourth-order valence-corrected chi connectivity index (χ4v) is 3.60. The van der Waals surface area contributed by atoms with Crippen LogP contribution in [0, 0.1) is 0 Å². The molecule has 0 bridgehead atoms. The summed E-state index contributed by atoms with van der Waals surface area (Å²) in [5.41, 5.74) is 1.68. The Morgan fingerprint density at radius 3 is 2.19 bits per heavy atom. The Labute approximate surface area is 163 Å². The number of rotatable bonds is 4. The molecule has 0 saturated carbocycles. The van der Waals surface area contributed by atoms with E-state index < -0.39 is 0 Å². The Balaban J connectivity index is 1.56. The predicted molar refractivity (Wildman–Crippen MR) is 106 cm³/mol. The summed E-state index contributed by atoms with van der Waals surface area (Å²) in [5, 5.41) is 13.3. The third kappa shape index (κ3) is 4.61. The van der Waals surface area contributed by atoms with Crippen LogP contribution in [0.4, 0.5) is 11.4 Å². The first-order valence-corrected chi connectivity index (χ1v) is 9.23. The average molecular weight is 394 g/mol. The molecule has 2 aromatic carbocycles. The van der Waals surface area contributed by atoms with Crippen molar-refractivity contribution in [1.82, 2.24) is 4.90 Å². The van der Waals surface area contributed by atoms with Crippen molar-refractivity contribution in [2.45, 2.75) is 13.0 Å². The van der Waals surface area contributed by atoms with E-state index in [1.807, 2.05) is 19.1 Å². The summed E-state index contributed by atoms with van der Waals surface area (Å²) < 4.78 is 0. The summed E-state index contributed by atoms with van der Waals surface area (Å²) in [6.45, 7) is 5.12. The summed E-state index contributed by atoms with van der Waals surface area (Å²) in [5.74, 6) is 0.181. The number of anilines is 2. The minimum atomic E-state index is -0.255. The van der Waals surface area contributed by atoms with Gasteiger partial charge in [-0.1, -0.05) is 23.2 Å². The lowest BCUT2D eigenvalue weighted by Crippen LogP contribution is -2.52. The van der Waals surface area contributed by atoms with Gasteiger partial charge in [0.2, 0.25) is 5.91 Å². The van der Waals surface area contributed by atoms with Crippen LogP contribution in [-0.2, 0) is 4.79 Å². The van der Waals surface area contributed by atoms with Crippen LogP contribution in [0.2, 0.25) is 10.0 Å². The van der Waals surface area contributed by atoms with E-state index in [2.05, 4.69) is 15.1 Å². The number of nitrogens with one attached hydrogen (secondary N) is 1. The highest BCUT2D eigenvalue weighted by Crippen LogP contribution is 2.23. The highest BCUT2D eigenvalue weighted by Gasteiger charge is 2.25. The van der Waals surface area contributed by atoms with Crippen LogP contribution in [0.25, 0.3) is 0 Å². The van der Waals surface area contributed by atoms with Gasteiger partial charge < -0.3 is 15.3 Å². The molecule has 2 N–H and O–H groups in total. The fourth-order valence-electron chi connectivity index (χ4n) is 3.07. The molecule has 1 amide bonds. The summed E-state index contributed by atoms with van der Waals surface area (Å²) in [7, 11) is 0. The van der Waals surface area contributed by atoms with Crippen LogP contribution in [-0.4, -0.2) is 48.1 Å². The number of aromatic hydroxyl groups is 1. The second-order valence-corrected chi connectivity index (χ2v) is 7.24. The quantitative estimate of drug-likeness (QED) is 0.827. The molecule has 7 heteroatoms. The van der Waals surface area contributed by atoms with Crippen molar-refractivity contribution in [3.63, 3.8) is 0 Å². The van der Waals surface area contributed by atoms with Gasteiger partial charge in [0.25, 0.3) is 0 Å². The number of hydrogen-bond donors (Lipinski definition) is 2. The molecule has 138 valence electrons. The zero-order chi connectivity index (χ0) is 18.7. The van der Waals surface area contributed by atoms with Crippen LogP contribution in [0.1, 0.15) is 6.92 Å². The number of amides is 1. The smallest absolute Gasteiger partial charge is 0.241 e. The lowest BCUT2D eigenvalue weighted by atomic mass is 10.2. The van der Waals surface area contributed by atoms with Crippen LogP contribution >= 0.6 is 23.2 Å². The Morgan fingerprint density at radius 1 is 1.04 bits per heavy atom. The first-order valence-electron chi connectivity index (χ1n) is 8.47. The Kier molecular flexibility index (Phi) is 5.91. The normalized spacial score (nSPS) is 16.3. The first-order chi connectivity index (χ1) is 12.4. The second-order valence-electron chi connectivity index (χ2n) is 6.36. The van der Waals surface area contributed by atoms with Gasteiger partial charge >= 0.3 is 0 Å². The zero-order valence-electron chi connectivity index (χ0n) is 14.5. The number of halogens is 2.